The van der Waals surface area contributed by atoms with Crippen LogP contribution in [0.3, 0.4) is 0 Å². The van der Waals surface area contributed by atoms with Crippen LogP contribution in [0.25, 0.3) is 0 Å². The maximum Gasteiger partial charge on any atom is 0.391 e. The summed E-state index contributed by atoms with van der Waals surface area (Å²) in [4.78, 5) is 0. The second-order valence-electron chi connectivity index (χ2n) is 3.60. The van der Waals surface area contributed by atoms with Crippen molar-refractivity contribution in [3.05, 3.63) is 24.3 Å². The molecule has 0 fully saturated rings. The Morgan fingerprint density at radius 2 is 2.06 bits per heavy atom. The van der Waals surface area contributed by atoms with Gasteiger partial charge in [-0.05, 0) is 19.1 Å². The maximum absolute atomic E-state index is 12.1. The quantitative estimate of drug-likeness (QED) is 0.860. The van der Waals surface area contributed by atoms with Gasteiger partial charge in [0.15, 0.2) is 0 Å². The van der Waals surface area contributed by atoms with E-state index in [1.165, 1.54) is 14.0 Å². The van der Waals surface area contributed by atoms with E-state index in [4.69, 9.17) is 4.74 Å². The maximum atomic E-state index is 12.1. The number of benzene rings is 1. The van der Waals surface area contributed by atoms with E-state index in [1.54, 1.807) is 24.3 Å². The van der Waals surface area contributed by atoms with Gasteiger partial charge in [-0.3, -0.25) is 0 Å². The second kappa shape index (κ2) is 5.09. The minimum atomic E-state index is -4.15. The Bertz CT molecular complexity index is 338. The average molecular weight is 233 g/mol. The fourth-order valence-corrected chi connectivity index (χ4v) is 1.40. The first-order chi connectivity index (χ1) is 7.40. The molecule has 0 bridgehead atoms. The molecule has 0 aliphatic rings. The van der Waals surface area contributed by atoms with E-state index in [0.29, 0.717) is 11.4 Å². The van der Waals surface area contributed by atoms with Crippen LogP contribution < -0.4 is 10.1 Å². The molecule has 0 aromatic heterocycles. The van der Waals surface area contributed by atoms with Gasteiger partial charge in [-0.25, -0.2) is 0 Å². The van der Waals surface area contributed by atoms with E-state index in [9.17, 15) is 13.2 Å². The molecule has 1 unspecified atom stereocenters. The molecule has 0 aliphatic carbocycles. The number of rotatable bonds is 4. The van der Waals surface area contributed by atoms with Crippen molar-refractivity contribution in [3.8, 4) is 5.75 Å². The summed E-state index contributed by atoms with van der Waals surface area (Å²) in [6.07, 6.45) is -5.00. The predicted octanol–water partition coefficient (Wildman–Crippen LogP) is 3.45. The third-order valence-electron chi connectivity index (χ3n) is 2.02. The summed E-state index contributed by atoms with van der Waals surface area (Å²) >= 11 is 0. The van der Waals surface area contributed by atoms with Crippen molar-refractivity contribution in [3.63, 3.8) is 0 Å². The molecule has 0 amide bonds. The van der Waals surface area contributed by atoms with E-state index in [2.05, 4.69) is 5.32 Å². The number of methoxy groups -OCH3 is 1. The number of nitrogens with one attached hydrogen (secondary N) is 1. The number of hydrogen-bond donors (Lipinski definition) is 1. The molecule has 0 saturated carbocycles. The van der Waals surface area contributed by atoms with Gasteiger partial charge in [0.2, 0.25) is 0 Å². The van der Waals surface area contributed by atoms with Crippen LogP contribution in [-0.2, 0) is 0 Å². The Morgan fingerprint density at radius 1 is 1.38 bits per heavy atom. The van der Waals surface area contributed by atoms with Gasteiger partial charge in [-0.15, -0.1) is 0 Å². The van der Waals surface area contributed by atoms with Crippen molar-refractivity contribution in [2.75, 3.05) is 12.4 Å². The average Bonchev–Trinajstić information content (AvgIpc) is 2.15. The van der Waals surface area contributed by atoms with Crippen LogP contribution in [0.2, 0.25) is 0 Å². The van der Waals surface area contributed by atoms with Gasteiger partial charge in [0.05, 0.1) is 13.5 Å². The van der Waals surface area contributed by atoms with Gasteiger partial charge in [0.1, 0.15) is 5.75 Å². The minimum Gasteiger partial charge on any atom is -0.497 e. The largest absolute Gasteiger partial charge is 0.497 e. The zero-order chi connectivity index (χ0) is 12.2. The molecule has 1 N–H and O–H groups in total. The smallest absolute Gasteiger partial charge is 0.391 e. The molecule has 0 radical (unpaired) electrons. The summed E-state index contributed by atoms with van der Waals surface area (Å²) in [5.41, 5.74) is 0.621. The molecule has 16 heavy (non-hydrogen) atoms. The Morgan fingerprint density at radius 3 is 2.62 bits per heavy atom. The lowest BCUT2D eigenvalue weighted by molar-refractivity contribution is -0.136. The minimum absolute atomic E-state index is 0.615. The Balaban J connectivity index is 2.59. The van der Waals surface area contributed by atoms with Crippen LogP contribution in [0, 0.1) is 0 Å². The lowest BCUT2D eigenvalue weighted by atomic mass is 10.2. The van der Waals surface area contributed by atoms with Crippen LogP contribution in [0.15, 0.2) is 24.3 Å². The number of ether oxygens (including phenoxy) is 1. The number of halogens is 3. The number of alkyl halides is 3. The summed E-state index contributed by atoms with van der Waals surface area (Å²) in [5, 5.41) is 2.77. The number of hydrogen-bond acceptors (Lipinski definition) is 2. The molecule has 2 nitrogen and oxygen atoms in total. The molecule has 1 aromatic rings. The molecule has 0 spiro atoms. The van der Waals surface area contributed by atoms with E-state index in [1.807, 2.05) is 0 Å². The molecule has 1 atom stereocenters. The highest BCUT2D eigenvalue weighted by Crippen LogP contribution is 2.24. The standard InChI is InChI=1S/C11H14F3NO/c1-8(7-11(12,13)14)15-9-4-3-5-10(6-9)16-2/h3-6,8,15H,7H2,1-2H3. The Labute approximate surface area is 92.4 Å². The molecule has 90 valence electrons. The van der Waals surface area contributed by atoms with Crippen LogP contribution >= 0.6 is 0 Å². The van der Waals surface area contributed by atoms with Crippen molar-refractivity contribution in [2.24, 2.45) is 0 Å². The molecule has 0 aliphatic heterocycles. The Hall–Kier alpha value is -1.39. The molecule has 0 heterocycles. The molecule has 0 saturated heterocycles. The van der Waals surface area contributed by atoms with Gasteiger partial charge in [-0.1, -0.05) is 6.07 Å². The lowest BCUT2D eigenvalue weighted by Gasteiger charge is -2.17. The van der Waals surface area contributed by atoms with E-state index in [-0.39, 0.29) is 0 Å². The van der Waals surface area contributed by atoms with Gasteiger partial charge < -0.3 is 10.1 Å². The highest BCUT2D eigenvalue weighted by Gasteiger charge is 2.29. The molecular formula is C11H14F3NO. The first-order valence-corrected chi connectivity index (χ1v) is 4.88. The SMILES string of the molecule is COc1cccc(NC(C)CC(F)(F)F)c1. The van der Waals surface area contributed by atoms with Crippen LogP contribution in [-0.4, -0.2) is 19.3 Å². The summed E-state index contributed by atoms with van der Waals surface area (Å²) in [5.74, 6) is 0.615. The molecule has 5 heteroatoms. The van der Waals surface area contributed by atoms with Crippen molar-refractivity contribution in [2.45, 2.75) is 25.6 Å². The van der Waals surface area contributed by atoms with Crippen LogP contribution in [0.5, 0.6) is 5.75 Å². The third kappa shape index (κ3) is 4.42. The van der Waals surface area contributed by atoms with Crippen LogP contribution in [0.1, 0.15) is 13.3 Å². The van der Waals surface area contributed by atoms with Gasteiger partial charge in [-0.2, -0.15) is 13.2 Å². The zero-order valence-corrected chi connectivity index (χ0v) is 9.14. The van der Waals surface area contributed by atoms with Crippen molar-refractivity contribution in [1.29, 1.82) is 0 Å². The predicted molar refractivity (Wildman–Crippen MR) is 56.8 cm³/mol. The third-order valence-corrected chi connectivity index (χ3v) is 2.02. The highest BCUT2D eigenvalue weighted by molar-refractivity contribution is 5.48. The summed E-state index contributed by atoms with van der Waals surface area (Å²) in [7, 11) is 1.51. The fraction of sp³-hybridized carbons (Fsp3) is 0.455. The monoisotopic (exact) mass is 233 g/mol. The van der Waals surface area contributed by atoms with Crippen molar-refractivity contribution in [1.82, 2.24) is 0 Å². The fourth-order valence-electron chi connectivity index (χ4n) is 1.40. The topological polar surface area (TPSA) is 21.3 Å². The molecule has 1 aromatic carbocycles. The highest BCUT2D eigenvalue weighted by atomic mass is 19.4. The second-order valence-corrected chi connectivity index (χ2v) is 3.60. The lowest BCUT2D eigenvalue weighted by Crippen LogP contribution is -2.23. The summed E-state index contributed by atoms with van der Waals surface area (Å²) in [6, 6.07) is 6.16. The zero-order valence-electron chi connectivity index (χ0n) is 9.14. The number of anilines is 1. The Kier molecular flexibility index (Phi) is 4.04. The van der Waals surface area contributed by atoms with Crippen LogP contribution in [0.4, 0.5) is 18.9 Å². The van der Waals surface area contributed by atoms with Crippen molar-refractivity contribution >= 4 is 5.69 Å². The van der Waals surface area contributed by atoms with E-state index >= 15 is 0 Å². The van der Waals surface area contributed by atoms with Crippen molar-refractivity contribution < 1.29 is 17.9 Å². The first-order valence-electron chi connectivity index (χ1n) is 4.88. The van der Waals surface area contributed by atoms with E-state index < -0.39 is 18.6 Å². The first kappa shape index (κ1) is 12.7. The van der Waals surface area contributed by atoms with Gasteiger partial charge in [0, 0.05) is 17.8 Å². The summed E-state index contributed by atoms with van der Waals surface area (Å²) in [6.45, 7) is 1.49. The molecular weight excluding hydrogens is 219 g/mol. The van der Waals surface area contributed by atoms with Gasteiger partial charge >= 0.3 is 6.18 Å². The normalized spacial score (nSPS) is 13.3. The van der Waals surface area contributed by atoms with E-state index in [0.717, 1.165) is 0 Å². The summed E-state index contributed by atoms with van der Waals surface area (Å²) < 4.78 is 41.2. The molecule has 1 rings (SSSR count). The van der Waals surface area contributed by atoms with Gasteiger partial charge in [0.25, 0.3) is 0 Å².